The summed E-state index contributed by atoms with van der Waals surface area (Å²) in [4.78, 5) is 54.7. The number of hydrogen-bond donors (Lipinski definition) is 5. The lowest BCUT2D eigenvalue weighted by molar-refractivity contribution is -0.172. The van der Waals surface area contributed by atoms with Crippen molar-refractivity contribution in [2.24, 2.45) is 0 Å². The summed E-state index contributed by atoms with van der Waals surface area (Å²) in [6.45, 7) is 6.94. The van der Waals surface area contributed by atoms with Gasteiger partial charge in [0.1, 0.15) is 12.4 Å². The molecule has 6 rings (SSSR count). The highest BCUT2D eigenvalue weighted by Crippen LogP contribution is 2.40. The maximum atomic E-state index is 13.5. The maximum Gasteiger partial charge on any atom is 0.412 e. The Morgan fingerprint density at radius 2 is 1.94 bits per heavy atom. The fraction of sp³-hybridized carbons (Fsp3) is 0.250. The lowest BCUT2D eigenvalue weighted by Gasteiger charge is -2.31. The number of esters is 1. The van der Waals surface area contributed by atoms with E-state index < -0.39 is 23.6 Å². The lowest BCUT2D eigenvalue weighted by atomic mass is 9.86. The number of aliphatic hydroxyl groups is 1. The second-order valence-corrected chi connectivity index (χ2v) is 11.7. The van der Waals surface area contributed by atoms with Gasteiger partial charge in [-0.2, -0.15) is 0 Å². The second kappa shape index (κ2) is 13.8. The molecule has 49 heavy (non-hydrogen) atoms. The molecule has 252 valence electrons. The van der Waals surface area contributed by atoms with Crippen molar-refractivity contribution in [3.05, 3.63) is 111 Å². The molecule has 2 aromatic heterocycles. The fourth-order valence-electron chi connectivity index (χ4n) is 6.12. The number of nitrogens with zero attached hydrogens (tertiary/aromatic N) is 2. The minimum atomic E-state index is -1.91. The van der Waals surface area contributed by atoms with Crippen molar-refractivity contribution in [3.8, 4) is 17.1 Å². The van der Waals surface area contributed by atoms with Crippen LogP contribution in [0.15, 0.2) is 72.1 Å². The number of rotatable bonds is 11. The first kappa shape index (κ1) is 33.3. The SMILES string of the molecule is C=CCc1c(OC(=O)NCCNCc2ccc(/C=C/C(=O)NO)cc2)ccc2nc3c(cc12)Cn1c-3cc2c(c1=O)COC(=O)[C@]2(O)CC. The summed E-state index contributed by atoms with van der Waals surface area (Å²) in [5.41, 5.74) is 4.82. The van der Waals surface area contributed by atoms with E-state index in [0.717, 1.165) is 22.1 Å². The van der Waals surface area contributed by atoms with Crippen LogP contribution in [0, 0.1) is 0 Å². The zero-order valence-electron chi connectivity index (χ0n) is 26.7. The first-order valence-electron chi connectivity index (χ1n) is 15.8. The van der Waals surface area contributed by atoms with Crippen LogP contribution in [0.4, 0.5) is 4.79 Å². The number of aromatic nitrogens is 2. The third kappa shape index (κ3) is 6.46. The van der Waals surface area contributed by atoms with Crippen molar-refractivity contribution in [1.29, 1.82) is 0 Å². The van der Waals surface area contributed by atoms with Crippen LogP contribution in [0.5, 0.6) is 5.75 Å². The minimum absolute atomic E-state index is 0.0574. The number of nitrogens with one attached hydrogen (secondary N) is 3. The molecule has 0 saturated heterocycles. The van der Waals surface area contributed by atoms with E-state index in [9.17, 15) is 24.3 Å². The van der Waals surface area contributed by atoms with Crippen LogP contribution in [-0.2, 0) is 46.0 Å². The van der Waals surface area contributed by atoms with E-state index in [4.69, 9.17) is 19.7 Å². The molecule has 0 radical (unpaired) electrons. The van der Waals surface area contributed by atoms with Gasteiger partial charge in [-0.3, -0.25) is 14.8 Å². The summed E-state index contributed by atoms with van der Waals surface area (Å²) in [6.07, 6.45) is 4.36. The molecule has 0 aliphatic carbocycles. The molecule has 13 heteroatoms. The monoisotopic (exact) mass is 665 g/mol. The Kier molecular flexibility index (Phi) is 9.40. The number of allylic oxidation sites excluding steroid dienone is 1. The number of hydrogen-bond acceptors (Lipinski definition) is 10. The average Bonchev–Trinajstić information content (AvgIpc) is 3.47. The molecule has 0 saturated carbocycles. The van der Waals surface area contributed by atoms with Crippen molar-refractivity contribution >= 4 is 34.9 Å². The molecule has 2 aliphatic rings. The van der Waals surface area contributed by atoms with E-state index in [0.29, 0.717) is 54.3 Å². The Hall–Kier alpha value is -5.63. The van der Waals surface area contributed by atoms with Crippen molar-refractivity contribution < 1.29 is 34.2 Å². The van der Waals surface area contributed by atoms with Gasteiger partial charge in [0, 0.05) is 47.8 Å². The molecule has 0 unspecified atom stereocenters. The van der Waals surface area contributed by atoms with Gasteiger partial charge in [-0.05, 0) is 54.3 Å². The first-order valence-corrected chi connectivity index (χ1v) is 15.8. The molecule has 0 fully saturated rings. The van der Waals surface area contributed by atoms with Gasteiger partial charge in [-0.25, -0.2) is 20.1 Å². The Labute approximate surface area is 280 Å². The van der Waals surface area contributed by atoms with Crippen LogP contribution in [0.2, 0.25) is 0 Å². The summed E-state index contributed by atoms with van der Waals surface area (Å²) in [7, 11) is 0. The van der Waals surface area contributed by atoms with E-state index in [-0.39, 0.29) is 36.3 Å². The second-order valence-electron chi connectivity index (χ2n) is 11.7. The third-order valence-electron chi connectivity index (χ3n) is 8.73. The molecular weight excluding hydrogens is 630 g/mol. The number of carbonyl (C=O) groups is 3. The van der Waals surface area contributed by atoms with Crippen LogP contribution < -0.4 is 26.4 Å². The van der Waals surface area contributed by atoms with Gasteiger partial charge in [0.05, 0.1) is 29.0 Å². The highest BCUT2D eigenvalue weighted by atomic mass is 16.6. The number of cyclic esters (lactones) is 1. The van der Waals surface area contributed by atoms with E-state index >= 15 is 0 Å². The van der Waals surface area contributed by atoms with E-state index in [1.54, 1.807) is 47.3 Å². The number of carbonyl (C=O) groups excluding carboxylic acids is 3. The van der Waals surface area contributed by atoms with E-state index in [1.165, 1.54) is 6.08 Å². The molecule has 5 N–H and O–H groups in total. The summed E-state index contributed by atoms with van der Waals surface area (Å²) in [5.74, 6) is -1.02. The summed E-state index contributed by atoms with van der Waals surface area (Å²) in [5, 5.41) is 26.4. The number of amides is 2. The highest BCUT2D eigenvalue weighted by molar-refractivity contribution is 5.91. The summed E-state index contributed by atoms with van der Waals surface area (Å²) >= 11 is 0. The topological polar surface area (TPSA) is 181 Å². The predicted octanol–water partition coefficient (Wildman–Crippen LogP) is 3.20. The average molecular weight is 666 g/mol. The van der Waals surface area contributed by atoms with Gasteiger partial charge >= 0.3 is 12.1 Å². The van der Waals surface area contributed by atoms with Crippen LogP contribution >= 0.6 is 0 Å². The third-order valence-corrected chi connectivity index (χ3v) is 8.73. The lowest BCUT2D eigenvalue weighted by Crippen LogP contribution is -2.44. The van der Waals surface area contributed by atoms with Gasteiger partial charge in [-0.15, -0.1) is 6.58 Å². The number of pyridine rings is 2. The van der Waals surface area contributed by atoms with Gasteiger partial charge < -0.3 is 29.8 Å². The van der Waals surface area contributed by atoms with Crippen molar-refractivity contribution in [2.75, 3.05) is 13.1 Å². The first-order chi connectivity index (χ1) is 23.7. The molecule has 2 aliphatic heterocycles. The molecular formula is C36H35N5O8. The Balaban J connectivity index is 1.13. The van der Waals surface area contributed by atoms with Crippen molar-refractivity contribution in [3.63, 3.8) is 0 Å². The fourth-order valence-corrected chi connectivity index (χ4v) is 6.12. The summed E-state index contributed by atoms with van der Waals surface area (Å²) in [6, 6.07) is 14.5. The van der Waals surface area contributed by atoms with Crippen LogP contribution in [-0.4, -0.2) is 50.9 Å². The smallest absolute Gasteiger partial charge is 0.412 e. The number of benzene rings is 2. The van der Waals surface area contributed by atoms with Crippen molar-refractivity contribution in [1.82, 2.24) is 25.7 Å². The van der Waals surface area contributed by atoms with Crippen LogP contribution in [0.3, 0.4) is 0 Å². The largest absolute Gasteiger partial charge is 0.458 e. The Morgan fingerprint density at radius 1 is 1.14 bits per heavy atom. The van der Waals surface area contributed by atoms with Gasteiger partial charge in [0.25, 0.3) is 11.5 Å². The van der Waals surface area contributed by atoms with Crippen LogP contribution in [0.1, 0.15) is 46.7 Å². The quantitative estimate of drug-likeness (QED) is 0.0351. The number of ether oxygens (including phenoxy) is 2. The molecule has 0 spiro atoms. The number of hydroxylamine groups is 1. The van der Waals surface area contributed by atoms with Crippen LogP contribution in [0.25, 0.3) is 28.4 Å². The normalized spacial score (nSPS) is 16.1. The van der Waals surface area contributed by atoms with Gasteiger partial charge in [-0.1, -0.05) is 37.3 Å². The minimum Gasteiger partial charge on any atom is -0.458 e. The summed E-state index contributed by atoms with van der Waals surface area (Å²) < 4.78 is 12.4. The molecule has 2 amide bonds. The Morgan fingerprint density at radius 3 is 2.67 bits per heavy atom. The standard InChI is InChI=1S/C36H35N5O8/c1-3-5-24-25-16-23-19-41-29(17-27-26(33(41)43)20-48-34(44)36(27,46)4-2)32(23)39-28(25)11-12-30(24)49-35(45)38-15-14-37-18-22-8-6-21(7-9-22)10-13-31(42)40-47/h3,6-13,16-17,37,46-47H,1,4-5,14-15,18-20H2,2H3,(H,38,45)(H,40,42)/b13-10+/t36-/m0/s1. The highest BCUT2D eigenvalue weighted by Gasteiger charge is 2.45. The molecule has 2 aromatic carbocycles. The molecule has 13 nitrogen and oxygen atoms in total. The van der Waals surface area contributed by atoms with Gasteiger partial charge in [0.15, 0.2) is 5.60 Å². The molecule has 1 atom stereocenters. The molecule has 0 bridgehead atoms. The maximum absolute atomic E-state index is 13.5. The Bertz CT molecular complexity index is 2070. The molecule has 4 aromatic rings. The number of fused-ring (bicyclic) bond motifs is 5. The predicted molar refractivity (Wildman–Crippen MR) is 180 cm³/mol. The zero-order valence-corrected chi connectivity index (χ0v) is 26.7. The van der Waals surface area contributed by atoms with E-state index in [2.05, 4.69) is 17.2 Å². The van der Waals surface area contributed by atoms with E-state index in [1.807, 2.05) is 30.3 Å². The van der Waals surface area contributed by atoms with Crippen molar-refractivity contribution in [2.45, 2.75) is 45.1 Å². The zero-order chi connectivity index (χ0) is 34.7. The molecule has 4 heterocycles. The van der Waals surface area contributed by atoms with Gasteiger partial charge in [0.2, 0.25) is 0 Å².